The maximum Gasteiger partial charge on any atom is 0.343 e. The Morgan fingerprint density at radius 2 is 1.85 bits per heavy atom. The van der Waals surface area contributed by atoms with Crippen molar-refractivity contribution in [2.45, 2.75) is 33.6 Å². The maximum atomic E-state index is 13.8. The summed E-state index contributed by atoms with van der Waals surface area (Å²) in [6.45, 7) is 8.29. The molecule has 0 unspecified atom stereocenters. The van der Waals surface area contributed by atoms with E-state index in [4.69, 9.17) is 23.9 Å². The minimum Gasteiger partial charge on any atom is -0.494 e. The summed E-state index contributed by atoms with van der Waals surface area (Å²) in [6.07, 6.45) is 1.48. The van der Waals surface area contributed by atoms with Crippen LogP contribution in [-0.4, -0.2) is 49.3 Å². The third-order valence-corrected chi connectivity index (χ3v) is 6.87. The van der Waals surface area contributed by atoms with Crippen LogP contribution in [0.3, 0.4) is 0 Å². The Kier molecular flexibility index (Phi) is 9.44. The Bertz CT molecular complexity index is 1680. The molecule has 0 fully saturated rings. The molecule has 41 heavy (non-hydrogen) atoms. The zero-order valence-electron chi connectivity index (χ0n) is 23.9. The smallest absolute Gasteiger partial charge is 0.343 e. The number of hydrogen-bond acceptors (Lipinski definition) is 8. The fourth-order valence-corrected chi connectivity index (χ4v) is 4.83. The van der Waals surface area contributed by atoms with Crippen LogP contribution in [0.4, 0.5) is 0 Å². The molecule has 9 nitrogen and oxygen atoms in total. The number of nitrogens with zero attached hydrogens (tertiary/aromatic N) is 3. The van der Waals surface area contributed by atoms with Gasteiger partial charge in [-0.15, -0.1) is 0 Å². The first-order chi connectivity index (χ1) is 19.7. The highest BCUT2D eigenvalue weighted by Gasteiger charge is 2.19. The van der Waals surface area contributed by atoms with Crippen LogP contribution in [0.15, 0.2) is 62.9 Å². The van der Waals surface area contributed by atoms with Crippen LogP contribution in [0.5, 0.6) is 17.2 Å². The lowest BCUT2D eigenvalue weighted by Crippen LogP contribution is -2.21. The van der Waals surface area contributed by atoms with Gasteiger partial charge in [-0.2, -0.15) is 9.78 Å². The van der Waals surface area contributed by atoms with Gasteiger partial charge in [0.15, 0.2) is 23.9 Å². The van der Waals surface area contributed by atoms with Crippen LogP contribution in [0.1, 0.15) is 43.4 Å². The Labute approximate surface area is 246 Å². The minimum atomic E-state index is -0.554. The molecule has 0 amide bonds. The van der Waals surface area contributed by atoms with Crippen molar-refractivity contribution < 1.29 is 23.7 Å². The lowest BCUT2D eigenvalue weighted by molar-refractivity contribution is -0.142. The average molecular weight is 623 g/mol. The van der Waals surface area contributed by atoms with Gasteiger partial charge in [0.1, 0.15) is 5.75 Å². The SMILES string of the molecule is CCOc1cc(C)c(-c2nc3ccccc3c(=O)n2N=Cc2cc(Br)cc(OC)c2OCC(=O)OC)cc1C(C)C. The minimum absolute atomic E-state index is 0.170. The molecule has 0 bridgehead atoms. The van der Waals surface area contributed by atoms with Crippen LogP contribution in [0, 0.1) is 6.92 Å². The highest BCUT2D eigenvalue weighted by Crippen LogP contribution is 2.36. The number of carbonyl (C=O) groups excluding carboxylic acids is 1. The van der Waals surface area contributed by atoms with Gasteiger partial charge in [0, 0.05) is 15.6 Å². The molecule has 1 heterocycles. The molecular formula is C31H32BrN3O6. The maximum absolute atomic E-state index is 13.8. The van der Waals surface area contributed by atoms with Gasteiger partial charge >= 0.3 is 5.97 Å². The number of hydrogen-bond donors (Lipinski definition) is 0. The number of aromatic nitrogens is 2. The summed E-state index contributed by atoms with van der Waals surface area (Å²) in [5.74, 6) is 1.44. The average Bonchev–Trinajstić information content (AvgIpc) is 2.95. The fourth-order valence-electron chi connectivity index (χ4n) is 4.38. The highest BCUT2D eigenvalue weighted by atomic mass is 79.9. The first-order valence-corrected chi connectivity index (χ1v) is 13.9. The molecule has 1 aromatic heterocycles. The van der Waals surface area contributed by atoms with E-state index >= 15 is 0 Å². The molecule has 0 aliphatic heterocycles. The van der Waals surface area contributed by atoms with E-state index in [-0.39, 0.29) is 23.8 Å². The Balaban J connectivity index is 1.95. The van der Waals surface area contributed by atoms with E-state index < -0.39 is 5.97 Å². The van der Waals surface area contributed by atoms with Gasteiger partial charge in [-0.25, -0.2) is 9.78 Å². The zero-order chi connectivity index (χ0) is 29.7. The summed E-state index contributed by atoms with van der Waals surface area (Å²) in [6, 6.07) is 14.6. The summed E-state index contributed by atoms with van der Waals surface area (Å²) in [7, 11) is 2.77. The molecule has 0 aliphatic rings. The molecule has 0 radical (unpaired) electrons. The van der Waals surface area contributed by atoms with Gasteiger partial charge in [0.25, 0.3) is 5.56 Å². The fraction of sp³-hybridized carbons (Fsp3) is 0.290. The van der Waals surface area contributed by atoms with Crippen molar-refractivity contribution in [3.05, 3.63) is 80.0 Å². The summed E-state index contributed by atoms with van der Waals surface area (Å²) in [4.78, 5) is 30.5. The van der Waals surface area contributed by atoms with Crippen LogP contribution < -0.4 is 19.8 Å². The number of benzene rings is 3. The predicted octanol–water partition coefficient (Wildman–Crippen LogP) is 6.10. The topological polar surface area (TPSA) is 101 Å². The van der Waals surface area contributed by atoms with Crippen molar-refractivity contribution in [1.82, 2.24) is 9.66 Å². The lowest BCUT2D eigenvalue weighted by atomic mass is 9.96. The third-order valence-electron chi connectivity index (χ3n) is 6.42. The van der Waals surface area contributed by atoms with E-state index in [1.165, 1.54) is 25.1 Å². The second kappa shape index (κ2) is 13.0. The summed E-state index contributed by atoms with van der Waals surface area (Å²) >= 11 is 3.47. The Morgan fingerprint density at radius 1 is 1.10 bits per heavy atom. The van der Waals surface area contributed by atoms with Gasteiger partial charge in [0.05, 0.1) is 37.9 Å². The van der Waals surface area contributed by atoms with Gasteiger partial charge < -0.3 is 18.9 Å². The largest absolute Gasteiger partial charge is 0.494 e. The molecule has 4 aromatic rings. The standard InChI is InChI=1S/C31H32BrN3O6/c1-7-40-26-12-19(4)24(15-23(26)18(2)3)30-34-25-11-9-8-10-22(25)31(37)35(30)33-16-20-13-21(32)14-27(38-5)29(20)41-17-28(36)39-6/h8-16,18H,7,17H2,1-6H3. The second-order valence-electron chi connectivity index (χ2n) is 9.50. The molecule has 0 N–H and O–H groups in total. The Morgan fingerprint density at radius 3 is 2.54 bits per heavy atom. The first-order valence-electron chi connectivity index (χ1n) is 13.1. The number of ether oxygens (including phenoxy) is 4. The molecule has 0 saturated heterocycles. The van der Waals surface area contributed by atoms with Crippen molar-refractivity contribution in [3.8, 4) is 28.6 Å². The summed E-state index contributed by atoms with van der Waals surface area (Å²) in [5.41, 5.74) is 3.34. The number of aryl methyl sites for hydroxylation is 1. The summed E-state index contributed by atoms with van der Waals surface area (Å²) < 4.78 is 23.8. The number of halogens is 1. The highest BCUT2D eigenvalue weighted by molar-refractivity contribution is 9.10. The van der Waals surface area contributed by atoms with Crippen molar-refractivity contribution in [3.63, 3.8) is 0 Å². The van der Waals surface area contributed by atoms with E-state index in [0.717, 1.165) is 22.4 Å². The number of esters is 1. The van der Waals surface area contributed by atoms with Crippen LogP contribution in [-0.2, 0) is 9.53 Å². The van der Waals surface area contributed by atoms with Gasteiger partial charge in [-0.05, 0) is 67.3 Å². The molecule has 4 rings (SSSR count). The molecular weight excluding hydrogens is 590 g/mol. The van der Waals surface area contributed by atoms with Crippen LogP contribution in [0.25, 0.3) is 22.3 Å². The van der Waals surface area contributed by atoms with E-state index in [0.29, 0.717) is 39.1 Å². The van der Waals surface area contributed by atoms with E-state index in [1.807, 2.05) is 32.0 Å². The molecule has 0 saturated carbocycles. The van der Waals surface area contributed by atoms with E-state index in [9.17, 15) is 9.59 Å². The number of fused-ring (bicyclic) bond motifs is 1. The van der Waals surface area contributed by atoms with Gasteiger partial charge in [-0.3, -0.25) is 4.79 Å². The predicted molar refractivity (Wildman–Crippen MR) is 163 cm³/mol. The molecule has 10 heteroatoms. The van der Waals surface area contributed by atoms with Crippen molar-refractivity contribution in [1.29, 1.82) is 0 Å². The third kappa shape index (κ3) is 6.43. The first kappa shape index (κ1) is 29.8. The van der Waals surface area contributed by atoms with Crippen LogP contribution in [0.2, 0.25) is 0 Å². The van der Waals surface area contributed by atoms with Crippen molar-refractivity contribution in [2.75, 3.05) is 27.4 Å². The van der Waals surface area contributed by atoms with Gasteiger partial charge in [0.2, 0.25) is 0 Å². The Hall–Kier alpha value is -4.18. The molecule has 0 aliphatic carbocycles. The molecule has 0 spiro atoms. The summed E-state index contributed by atoms with van der Waals surface area (Å²) in [5, 5.41) is 5.04. The lowest BCUT2D eigenvalue weighted by Gasteiger charge is -2.18. The van der Waals surface area contributed by atoms with Crippen molar-refractivity contribution >= 4 is 39.0 Å². The number of carbonyl (C=O) groups is 1. The number of methoxy groups -OCH3 is 2. The van der Waals surface area contributed by atoms with Crippen LogP contribution >= 0.6 is 15.9 Å². The second-order valence-corrected chi connectivity index (χ2v) is 10.4. The normalized spacial score (nSPS) is 11.3. The molecule has 3 aromatic carbocycles. The van der Waals surface area contributed by atoms with E-state index in [2.05, 4.69) is 34.9 Å². The molecule has 0 atom stereocenters. The quantitative estimate of drug-likeness (QED) is 0.156. The monoisotopic (exact) mass is 621 g/mol. The zero-order valence-corrected chi connectivity index (χ0v) is 25.4. The van der Waals surface area contributed by atoms with Crippen molar-refractivity contribution in [2.24, 2.45) is 5.10 Å². The van der Waals surface area contributed by atoms with Gasteiger partial charge in [-0.1, -0.05) is 41.9 Å². The number of para-hydroxylation sites is 1. The number of rotatable bonds is 10. The molecule has 214 valence electrons. The van der Waals surface area contributed by atoms with E-state index in [1.54, 1.807) is 30.3 Å².